The van der Waals surface area contributed by atoms with Gasteiger partial charge in [-0.2, -0.15) is 0 Å². The lowest BCUT2D eigenvalue weighted by Crippen LogP contribution is -2.18. The molecule has 184 valence electrons. The summed E-state index contributed by atoms with van der Waals surface area (Å²) in [5.74, 6) is 1.62. The lowest BCUT2D eigenvalue weighted by Gasteiger charge is -2.21. The zero-order valence-corrected chi connectivity index (χ0v) is 19.4. The number of hydrogen-bond donors (Lipinski definition) is 4. The summed E-state index contributed by atoms with van der Waals surface area (Å²) in [5.41, 5.74) is 7.99. The number of rotatable bonds is 7. The van der Waals surface area contributed by atoms with Crippen LogP contribution in [0.3, 0.4) is 0 Å². The van der Waals surface area contributed by atoms with E-state index in [1.54, 1.807) is 37.4 Å². The van der Waals surface area contributed by atoms with Crippen molar-refractivity contribution in [3.63, 3.8) is 0 Å². The van der Waals surface area contributed by atoms with Gasteiger partial charge in [0.15, 0.2) is 17.3 Å². The number of nitrogens with zero attached hydrogens (tertiary/aromatic N) is 4. The van der Waals surface area contributed by atoms with Crippen LogP contribution in [-0.2, 0) is 11.3 Å². The maximum Gasteiger partial charge on any atom is 0.350 e. The number of ether oxygens (including phenoxy) is 3. The molecule has 0 bridgehead atoms. The summed E-state index contributed by atoms with van der Waals surface area (Å²) >= 11 is 0. The zero-order chi connectivity index (χ0) is 25.1. The Morgan fingerprint density at radius 3 is 2.72 bits per heavy atom. The number of amidine groups is 1. The first-order chi connectivity index (χ1) is 17.5. The highest BCUT2D eigenvalue weighted by Gasteiger charge is 2.25. The van der Waals surface area contributed by atoms with Gasteiger partial charge in [-0.05, 0) is 48.0 Å². The van der Waals surface area contributed by atoms with Gasteiger partial charge in [-0.15, -0.1) is 9.78 Å². The minimum Gasteiger partial charge on any atom is -0.493 e. The number of aromatic amines is 1. The summed E-state index contributed by atoms with van der Waals surface area (Å²) in [7, 11) is 1.57. The molecule has 0 aliphatic carbocycles. The molecule has 1 unspecified atom stereocenters. The van der Waals surface area contributed by atoms with Crippen LogP contribution >= 0.6 is 0 Å². The van der Waals surface area contributed by atoms with E-state index in [1.165, 1.54) is 12.4 Å². The lowest BCUT2D eigenvalue weighted by molar-refractivity contribution is 0.106. The number of H-pyrrole nitrogens is 1. The molecule has 1 atom stereocenters. The van der Waals surface area contributed by atoms with E-state index in [0.717, 1.165) is 21.5 Å². The first-order valence-corrected chi connectivity index (χ1v) is 11.1. The van der Waals surface area contributed by atoms with Gasteiger partial charge in [-0.3, -0.25) is 10.4 Å². The summed E-state index contributed by atoms with van der Waals surface area (Å²) in [6.45, 7) is 1.23. The van der Waals surface area contributed by atoms with E-state index in [-0.39, 0.29) is 11.8 Å². The molecule has 0 spiro atoms. The van der Waals surface area contributed by atoms with Gasteiger partial charge in [0.2, 0.25) is 0 Å². The van der Waals surface area contributed by atoms with Crippen molar-refractivity contribution in [1.82, 2.24) is 24.7 Å². The van der Waals surface area contributed by atoms with Crippen molar-refractivity contribution < 1.29 is 14.2 Å². The summed E-state index contributed by atoms with van der Waals surface area (Å²) in [6, 6.07) is 11.9. The summed E-state index contributed by atoms with van der Waals surface area (Å²) in [6.07, 6.45) is 3.07. The average molecular weight is 489 g/mol. The Morgan fingerprint density at radius 2 is 2.00 bits per heavy atom. The molecule has 4 aromatic rings. The van der Waals surface area contributed by atoms with E-state index in [2.05, 4.69) is 25.4 Å². The first kappa shape index (κ1) is 23.1. The Morgan fingerprint density at radius 1 is 1.22 bits per heavy atom. The Kier molecular flexibility index (Phi) is 6.33. The zero-order valence-electron chi connectivity index (χ0n) is 19.4. The van der Waals surface area contributed by atoms with Gasteiger partial charge in [0.1, 0.15) is 18.5 Å². The van der Waals surface area contributed by atoms with Gasteiger partial charge < -0.3 is 25.3 Å². The van der Waals surface area contributed by atoms with Crippen LogP contribution in [0.5, 0.6) is 11.5 Å². The standard InChI is InChI=1S/C24H24N8O4/c1-34-18-12-15(11-16-13-35-9-10-36-20(16)18)19(29-17-5-3-14(4-6-17)21(25)26)22-30-24(33)32(31-22)23-27-7-2-8-28-23/h2-8,11-12,19,29H,9-10,13H2,1H3,(H3,25,26)(H,30,31,33). The third-order valence-electron chi connectivity index (χ3n) is 5.60. The topological polar surface area (TPSA) is 166 Å². The van der Waals surface area contributed by atoms with Crippen LogP contribution < -0.4 is 26.2 Å². The van der Waals surface area contributed by atoms with Gasteiger partial charge in [-0.25, -0.2) is 14.8 Å². The van der Waals surface area contributed by atoms with Crippen molar-refractivity contribution in [3.05, 3.63) is 87.9 Å². The van der Waals surface area contributed by atoms with Crippen LogP contribution in [0.4, 0.5) is 5.69 Å². The molecule has 2 aromatic carbocycles. The van der Waals surface area contributed by atoms with E-state index in [4.69, 9.17) is 25.4 Å². The fraction of sp³-hybridized carbons (Fsp3) is 0.208. The minimum atomic E-state index is -0.603. The summed E-state index contributed by atoms with van der Waals surface area (Å²) in [4.78, 5) is 23.9. The normalized spacial score (nSPS) is 13.7. The van der Waals surface area contributed by atoms with Gasteiger partial charge in [0.25, 0.3) is 5.95 Å². The second-order valence-electron chi connectivity index (χ2n) is 7.96. The fourth-order valence-electron chi connectivity index (χ4n) is 3.89. The molecule has 1 aliphatic heterocycles. The summed E-state index contributed by atoms with van der Waals surface area (Å²) < 4.78 is 18.2. The van der Waals surface area contributed by atoms with Crippen molar-refractivity contribution >= 4 is 11.5 Å². The number of nitrogens with two attached hydrogens (primary N) is 1. The molecular formula is C24H24N8O4. The highest BCUT2D eigenvalue weighted by atomic mass is 16.5. The number of benzene rings is 2. The van der Waals surface area contributed by atoms with Crippen molar-refractivity contribution in [3.8, 4) is 17.4 Å². The fourth-order valence-corrected chi connectivity index (χ4v) is 3.89. The maximum atomic E-state index is 12.8. The molecule has 12 heteroatoms. The predicted octanol–water partition coefficient (Wildman–Crippen LogP) is 1.75. The number of nitrogens with one attached hydrogen (secondary N) is 3. The molecule has 3 heterocycles. The van der Waals surface area contributed by atoms with Gasteiger partial charge in [0.05, 0.1) is 20.3 Å². The molecule has 5 rings (SSSR count). The smallest absolute Gasteiger partial charge is 0.350 e. The molecule has 12 nitrogen and oxygen atoms in total. The van der Waals surface area contributed by atoms with Crippen molar-refractivity contribution in [2.75, 3.05) is 25.6 Å². The van der Waals surface area contributed by atoms with Gasteiger partial charge in [0, 0.05) is 29.2 Å². The SMILES string of the molecule is COc1cc(C(Nc2ccc(C(=N)N)cc2)c2nn(-c3ncccn3)c(=O)[nH]2)cc2c1OCCOC2. The number of nitrogen functional groups attached to an aromatic ring is 1. The average Bonchev–Trinajstić information content (AvgIpc) is 3.12. The van der Waals surface area contributed by atoms with Crippen molar-refractivity contribution in [2.45, 2.75) is 12.6 Å². The van der Waals surface area contributed by atoms with Gasteiger partial charge >= 0.3 is 5.69 Å². The molecule has 0 saturated carbocycles. The van der Waals surface area contributed by atoms with Gasteiger partial charge in [-0.1, -0.05) is 0 Å². The van der Waals surface area contributed by atoms with E-state index in [9.17, 15) is 4.79 Å². The van der Waals surface area contributed by atoms with Crippen molar-refractivity contribution in [2.24, 2.45) is 5.73 Å². The van der Waals surface area contributed by atoms with Crippen LogP contribution in [0, 0.1) is 5.41 Å². The number of hydrogen-bond acceptors (Lipinski definition) is 9. The highest BCUT2D eigenvalue weighted by Crippen LogP contribution is 2.38. The largest absolute Gasteiger partial charge is 0.493 e. The Hall–Kier alpha value is -4.71. The number of aromatic nitrogens is 5. The van der Waals surface area contributed by atoms with E-state index < -0.39 is 11.7 Å². The third-order valence-corrected chi connectivity index (χ3v) is 5.60. The molecule has 36 heavy (non-hydrogen) atoms. The van der Waals surface area contributed by atoms with E-state index in [1.807, 2.05) is 12.1 Å². The monoisotopic (exact) mass is 488 g/mol. The van der Waals surface area contributed by atoms with Crippen LogP contribution in [0.1, 0.15) is 28.6 Å². The quantitative estimate of drug-likeness (QED) is 0.224. The molecular weight excluding hydrogens is 464 g/mol. The Labute approximate surface area is 205 Å². The van der Waals surface area contributed by atoms with Crippen LogP contribution in [0.2, 0.25) is 0 Å². The highest BCUT2D eigenvalue weighted by molar-refractivity contribution is 5.95. The Balaban J connectivity index is 1.61. The maximum absolute atomic E-state index is 12.8. The first-order valence-electron chi connectivity index (χ1n) is 11.1. The minimum absolute atomic E-state index is 0.0282. The number of methoxy groups -OCH3 is 1. The van der Waals surface area contributed by atoms with E-state index >= 15 is 0 Å². The third kappa shape index (κ3) is 4.61. The molecule has 0 radical (unpaired) electrons. The molecule has 2 aromatic heterocycles. The summed E-state index contributed by atoms with van der Waals surface area (Å²) in [5, 5.41) is 15.5. The predicted molar refractivity (Wildman–Crippen MR) is 131 cm³/mol. The molecule has 1 aliphatic rings. The molecule has 0 fully saturated rings. The molecule has 0 amide bonds. The Bertz CT molecular complexity index is 1430. The van der Waals surface area contributed by atoms with E-state index in [0.29, 0.717) is 42.7 Å². The number of anilines is 1. The molecule has 5 N–H and O–H groups in total. The number of fused-ring (bicyclic) bond motifs is 1. The van der Waals surface area contributed by atoms with Crippen LogP contribution in [0.25, 0.3) is 5.95 Å². The van der Waals surface area contributed by atoms with Crippen molar-refractivity contribution in [1.29, 1.82) is 5.41 Å². The molecule has 0 saturated heterocycles. The van der Waals surface area contributed by atoms with Crippen LogP contribution in [-0.4, -0.2) is 50.9 Å². The van der Waals surface area contributed by atoms with Crippen LogP contribution in [0.15, 0.2) is 59.7 Å². The lowest BCUT2D eigenvalue weighted by atomic mass is 10.0. The second-order valence-corrected chi connectivity index (χ2v) is 7.96. The second kappa shape index (κ2) is 9.88.